The van der Waals surface area contributed by atoms with Crippen LogP contribution in [0.5, 0.6) is 0 Å². The van der Waals surface area contributed by atoms with E-state index < -0.39 is 0 Å². The zero-order chi connectivity index (χ0) is 13.0. The highest BCUT2D eigenvalue weighted by atomic mass is 127. The predicted octanol–water partition coefficient (Wildman–Crippen LogP) is 3.60. The van der Waals surface area contributed by atoms with E-state index in [4.69, 9.17) is 11.6 Å². The van der Waals surface area contributed by atoms with Crippen molar-refractivity contribution in [3.8, 4) is 0 Å². The minimum absolute atomic E-state index is 0.875. The van der Waals surface area contributed by atoms with Crippen LogP contribution in [0.1, 0.15) is 12.0 Å². The van der Waals surface area contributed by atoms with Crippen molar-refractivity contribution in [1.29, 1.82) is 0 Å². The Balaban J connectivity index is 1.95. The van der Waals surface area contributed by atoms with Crippen LogP contribution in [0.3, 0.4) is 0 Å². The van der Waals surface area contributed by atoms with Crippen molar-refractivity contribution < 1.29 is 0 Å². The molecule has 0 N–H and O–H groups in total. The summed E-state index contributed by atoms with van der Waals surface area (Å²) in [7, 11) is 0. The van der Waals surface area contributed by atoms with Crippen molar-refractivity contribution in [3.63, 3.8) is 0 Å². The van der Waals surface area contributed by atoms with E-state index in [-0.39, 0.29) is 0 Å². The minimum atomic E-state index is 0.875. The summed E-state index contributed by atoms with van der Waals surface area (Å²) < 4.78 is 1.26. The third-order valence-electron chi connectivity index (χ3n) is 3.56. The lowest BCUT2D eigenvalue weighted by Gasteiger charge is -2.36. The first-order valence-electron chi connectivity index (χ1n) is 6.51. The molecular formula is C14H20ClIN2. The molecule has 0 bridgehead atoms. The lowest BCUT2D eigenvalue weighted by atomic mass is 10.1. The van der Waals surface area contributed by atoms with Gasteiger partial charge in [-0.05, 0) is 37.6 Å². The Kier molecular flexibility index (Phi) is 5.57. The summed E-state index contributed by atoms with van der Waals surface area (Å²) in [6, 6.07) is 6.20. The SMILES string of the molecule is Cc1c(Cl)cccc1N1CCN(CCCI)CC1. The molecule has 2 rings (SSSR count). The first-order valence-corrected chi connectivity index (χ1v) is 8.41. The third kappa shape index (κ3) is 3.52. The molecule has 0 amide bonds. The normalized spacial score (nSPS) is 17.2. The number of rotatable bonds is 4. The number of nitrogens with zero attached hydrogens (tertiary/aromatic N) is 2. The molecule has 1 aromatic carbocycles. The second kappa shape index (κ2) is 6.96. The van der Waals surface area contributed by atoms with Crippen LogP contribution in [-0.2, 0) is 0 Å². The second-order valence-electron chi connectivity index (χ2n) is 4.76. The Morgan fingerprint density at radius 3 is 2.61 bits per heavy atom. The van der Waals surface area contributed by atoms with Crippen LogP contribution < -0.4 is 4.90 Å². The molecule has 0 radical (unpaired) electrons. The lowest BCUT2D eigenvalue weighted by molar-refractivity contribution is 0.259. The molecule has 1 saturated heterocycles. The fourth-order valence-electron chi connectivity index (χ4n) is 2.43. The molecule has 1 heterocycles. The van der Waals surface area contributed by atoms with Gasteiger partial charge in [0.15, 0.2) is 0 Å². The van der Waals surface area contributed by atoms with Crippen LogP contribution in [0.2, 0.25) is 5.02 Å². The summed E-state index contributed by atoms with van der Waals surface area (Å²) in [6.45, 7) is 7.92. The van der Waals surface area contributed by atoms with E-state index in [1.54, 1.807) is 0 Å². The second-order valence-corrected chi connectivity index (χ2v) is 6.24. The van der Waals surface area contributed by atoms with Crippen LogP contribution in [0.25, 0.3) is 0 Å². The molecule has 18 heavy (non-hydrogen) atoms. The van der Waals surface area contributed by atoms with Crippen LogP contribution in [0.15, 0.2) is 18.2 Å². The molecule has 1 fully saturated rings. The van der Waals surface area contributed by atoms with Gasteiger partial charge in [0, 0.05) is 41.3 Å². The van der Waals surface area contributed by atoms with Gasteiger partial charge >= 0.3 is 0 Å². The fraction of sp³-hybridized carbons (Fsp3) is 0.571. The molecule has 0 saturated carbocycles. The van der Waals surface area contributed by atoms with E-state index in [1.807, 2.05) is 12.1 Å². The first kappa shape index (κ1) is 14.4. The van der Waals surface area contributed by atoms with Gasteiger partial charge in [0.25, 0.3) is 0 Å². The van der Waals surface area contributed by atoms with Gasteiger partial charge in [-0.2, -0.15) is 0 Å². The maximum absolute atomic E-state index is 6.19. The van der Waals surface area contributed by atoms with Crippen molar-refractivity contribution >= 4 is 39.9 Å². The summed E-state index contributed by atoms with van der Waals surface area (Å²) in [4.78, 5) is 5.02. The molecule has 1 aromatic rings. The zero-order valence-electron chi connectivity index (χ0n) is 10.8. The van der Waals surface area contributed by atoms with Crippen molar-refractivity contribution in [2.75, 3.05) is 42.1 Å². The average molecular weight is 379 g/mol. The first-order chi connectivity index (χ1) is 8.72. The van der Waals surface area contributed by atoms with Gasteiger partial charge < -0.3 is 4.90 Å². The molecule has 0 spiro atoms. The molecule has 0 aliphatic carbocycles. The maximum Gasteiger partial charge on any atom is 0.0455 e. The molecule has 1 aliphatic heterocycles. The largest absolute Gasteiger partial charge is 0.369 e. The Labute approximate surface area is 128 Å². The topological polar surface area (TPSA) is 6.48 Å². The highest BCUT2D eigenvalue weighted by molar-refractivity contribution is 14.1. The van der Waals surface area contributed by atoms with Gasteiger partial charge in [0.1, 0.15) is 0 Å². The fourth-order valence-corrected chi connectivity index (χ4v) is 2.95. The molecule has 100 valence electrons. The van der Waals surface area contributed by atoms with Crippen molar-refractivity contribution in [3.05, 3.63) is 28.8 Å². The van der Waals surface area contributed by atoms with Gasteiger partial charge in [-0.15, -0.1) is 0 Å². The van der Waals surface area contributed by atoms with E-state index in [0.29, 0.717) is 0 Å². The molecule has 0 aromatic heterocycles. The number of anilines is 1. The standard InChI is InChI=1S/C14H20ClIN2/c1-12-13(15)4-2-5-14(12)18-10-8-17(9-11-18)7-3-6-16/h2,4-5H,3,6-11H2,1H3. The van der Waals surface area contributed by atoms with Gasteiger partial charge in [-0.25, -0.2) is 0 Å². The molecule has 1 aliphatic rings. The summed E-state index contributed by atoms with van der Waals surface area (Å²) >= 11 is 8.65. The highest BCUT2D eigenvalue weighted by Gasteiger charge is 2.18. The zero-order valence-corrected chi connectivity index (χ0v) is 13.7. The Morgan fingerprint density at radius 2 is 1.94 bits per heavy atom. The smallest absolute Gasteiger partial charge is 0.0455 e. The average Bonchev–Trinajstić information content (AvgIpc) is 2.40. The molecule has 4 heteroatoms. The van der Waals surface area contributed by atoms with E-state index in [0.717, 1.165) is 18.1 Å². The number of piperazine rings is 1. The summed E-state index contributed by atoms with van der Waals surface area (Å²) in [6.07, 6.45) is 1.30. The quantitative estimate of drug-likeness (QED) is 0.583. The molecule has 2 nitrogen and oxygen atoms in total. The van der Waals surface area contributed by atoms with E-state index in [2.05, 4.69) is 45.4 Å². The van der Waals surface area contributed by atoms with Gasteiger partial charge in [-0.1, -0.05) is 40.3 Å². The lowest BCUT2D eigenvalue weighted by Crippen LogP contribution is -2.46. The maximum atomic E-state index is 6.19. The van der Waals surface area contributed by atoms with Crippen LogP contribution in [0, 0.1) is 6.92 Å². The third-order valence-corrected chi connectivity index (χ3v) is 4.73. The number of halogens is 2. The Morgan fingerprint density at radius 1 is 1.22 bits per heavy atom. The number of alkyl halides is 1. The number of hydrogen-bond donors (Lipinski definition) is 0. The van der Waals surface area contributed by atoms with E-state index in [9.17, 15) is 0 Å². The minimum Gasteiger partial charge on any atom is -0.369 e. The van der Waals surface area contributed by atoms with Crippen molar-refractivity contribution in [1.82, 2.24) is 4.90 Å². The molecule has 0 unspecified atom stereocenters. The summed E-state index contributed by atoms with van der Waals surface area (Å²) in [5, 5.41) is 0.875. The van der Waals surface area contributed by atoms with E-state index in [1.165, 1.54) is 41.7 Å². The van der Waals surface area contributed by atoms with Crippen LogP contribution in [-0.4, -0.2) is 42.1 Å². The van der Waals surface area contributed by atoms with Gasteiger partial charge in [0.05, 0.1) is 0 Å². The predicted molar refractivity (Wildman–Crippen MR) is 88.3 cm³/mol. The molecule has 0 atom stereocenters. The number of benzene rings is 1. The number of hydrogen-bond acceptors (Lipinski definition) is 2. The van der Waals surface area contributed by atoms with Gasteiger partial charge in [-0.3, -0.25) is 4.90 Å². The summed E-state index contributed by atoms with van der Waals surface area (Å²) in [5.74, 6) is 0. The van der Waals surface area contributed by atoms with Crippen LogP contribution >= 0.6 is 34.2 Å². The highest BCUT2D eigenvalue weighted by Crippen LogP contribution is 2.27. The van der Waals surface area contributed by atoms with Crippen LogP contribution in [0.4, 0.5) is 5.69 Å². The van der Waals surface area contributed by atoms with Gasteiger partial charge in [0.2, 0.25) is 0 Å². The van der Waals surface area contributed by atoms with Crippen molar-refractivity contribution in [2.24, 2.45) is 0 Å². The monoisotopic (exact) mass is 378 g/mol. The Bertz CT molecular complexity index is 389. The summed E-state index contributed by atoms with van der Waals surface area (Å²) in [5.41, 5.74) is 2.51. The van der Waals surface area contributed by atoms with E-state index >= 15 is 0 Å². The van der Waals surface area contributed by atoms with Crippen molar-refractivity contribution in [2.45, 2.75) is 13.3 Å². The molecular weight excluding hydrogens is 359 g/mol. The Hall–Kier alpha value is -0.000000000000000111.